The summed E-state index contributed by atoms with van der Waals surface area (Å²) in [5.74, 6) is 0. The molecule has 0 spiro atoms. The predicted molar refractivity (Wildman–Crippen MR) is 49.7 cm³/mol. The zero-order chi connectivity index (χ0) is 9.52. The fourth-order valence-electron chi connectivity index (χ4n) is 1.19. The number of ether oxygens (including phenoxy) is 1. The van der Waals surface area contributed by atoms with E-state index in [-0.39, 0.29) is 12.1 Å². The van der Waals surface area contributed by atoms with Gasteiger partial charge in [0.2, 0.25) is 0 Å². The molecule has 0 aromatic carbocycles. The first-order chi connectivity index (χ1) is 6.33. The molecule has 1 atom stereocenters. The van der Waals surface area contributed by atoms with Gasteiger partial charge >= 0.3 is 6.03 Å². The number of nitrogens with one attached hydrogen (secondary N) is 3. The van der Waals surface area contributed by atoms with Crippen molar-refractivity contribution in [2.45, 2.75) is 12.5 Å². The van der Waals surface area contributed by atoms with Gasteiger partial charge in [-0.2, -0.15) is 0 Å². The van der Waals surface area contributed by atoms with Crippen LogP contribution in [0, 0.1) is 0 Å². The Kier molecular flexibility index (Phi) is 4.56. The first kappa shape index (κ1) is 10.3. The Bertz CT molecular complexity index is 157. The smallest absolute Gasteiger partial charge is 0.315 e. The highest BCUT2D eigenvalue weighted by atomic mass is 16.5. The van der Waals surface area contributed by atoms with Crippen LogP contribution in [-0.2, 0) is 4.74 Å². The van der Waals surface area contributed by atoms with Crippen molar-refractivity contribution in [1.29, 1.82) is 0 Å². The maximum Gasteiger partial charge on any atom is 0.315 e. The van der Waals surface area contributed by atoms with Crippen molar-refractivity contribution in [3.8, 4) is 0 Å². The van der Waals surface area contributed by atoms with Gasteiger partial charge in [-0.1, -0.05) is 0 Å². The van der Waals surface area contributed by atoms with Crippen molar-refractivity contribution < 1.29 is 9.53 Å². The quantitative estimate of drug-likeness (QED) is 0.510. The van der Waals surface area contributed by atoms with Crippen LogP contribution in [-0.4, -0.2) is 45.4 Å². The number of amides is 2. The fourth-order valence-corrected chi connectivity index (χ4v) is 1.19. The molecule has 5 heteroatoms. The minimum Gasteiger partial charge on any atom is -0.379 e. The fraction of sp³-hybridized carbons (Fsp3) is 0.875. The van der Waals surface area contributed by atoms with Gasteiger partial charge in [0.25, 0.3) is 0 Å². The van der Waals surface area contributed by atoms with Gasteiger partial charge in [-0.3, -0.25) is 0 Å². The van der Waals surface area contributed by atoms with Crippen LogP contribution in [0.15, 0.2) is 0 Å². The standard InChI is InChI=1S/C8H17N3O2/c1-9-3-4-10-8(12)11-7-2-5-13-6-7/h7,9H,2-6H2,1H3,(H2,10,11,12). The second kappa shape index (κ2) is 5.77. The van der Waals surface area contributed by atoms with Crippen LogP contribution in [0.2, 0.25) is 0 Å². The molecule has 1 rings (SSSR count). The second-order valence-corrected chi connectivity index (χ2v) is 3.06. The van der Waals surface area contributed by atoms with E-state index in [9.17, 15) is 4.79 Å². The van der Waals surface area contributed by atoms with Crippen LogP contribution in [0.4, 0.5) is 4.79 Å². The van der Waals surface area contributed by atoms with Gasteiger partial charge in [0, 0.05) is 19.7 Å². The van der Waals surface area contributed by atoms with Crippen LogP contribution in [0.1, 0.15) is 6.42 Å². The summed E-state index contributed by atoms with van der Waals surface area (Å²) in [6.07, 6.45) is 0.916. The third kappa shape index (κ3) is 4.10. The largest absolute Gasteiger partial charge is 0.379 e. The number of rotatable bonds is 4. The zero-order valence-corrected chi connectivity index (χ0v) is 7.93. The lowest BCUT2D eigenvalue weighted by Crippen LogP contribution is -2.44. The summed E-state index contributed by atoms with van der Waals surface area (Å²) in [6, 6.07) is 0.0836. The van der Waals surface area contributed by atoms with Crippen molar-refractivity contribution in [2.24, 2.45) is 0 Å². The molecular formula is C8H17N3O2. The molecule has 0 saturated carbocycles. The lowest BCUT2D eigenvalue weighted by Gasteiger charge is -2.11. The molecule has 0 aliphatic carbocycles. The highest BCUT2D eigenvalue weighted by molar-refractivity contribution is 5.74. The van der Waals surface area contributed by atoms with E-state index >= 15 is 0 Å². The van der Waals surface area contributed by atoms with E-state index in [1.807, 2.05) is 7.05 Å². The summed E-state index contributed by atoms with van der Waals surface area (Å²) in [7, 11) is 1.85. The first-order valence-corrected chi connectivity index (χ1v) is 4.59. The second-order valence-electron chi connectivity index (χ2n) is 3.06. The van der Waals surface area contributed by atoms with Crippen molar-refractivity contribution in [3.63, 3.8) is 0 Å². The predicted octanol–water partition coefficient (Wildman–Crippen LogP) is -0.706. The van der Waals surface area contributed by atoms with Crippen LogP contribution >= 0.6 is 0 Å². The first-order valence-electron chi connectivity index (χ1n) is 4.59. The Morgan fingerprint density at radius 1 is 1.54 bits per heavy atom. The highest BCUT2D eigenvalue weighted by Crippen LogP contribution is 2.02. The topological polar surface area (TPSA) is 62.4 Å². The van der Waals surface area contributed by atoms with E-state index in [2.05, 4.69) is 16.0 Å². The Hall–Kier alpha value is -0.810. The van der Waals surface area contributed by atoms with Gasteiger partial charge in [-0.15, -0.1) is 0 Å². The Balaban J connectivity index is 2.02. The number of urea groups is 1. The van der Waals surface area contributed by atoms with E-state index in [4.69, 9.17) is 4.74 Å². The van der Waals surface area contributed by atoms with Crippen LogP contribution in [0.3, 0.4) is 0 Å². The Morgan fingerprint density at radius 3 is 3.00 bits per heavy atom. The van der Waals surface area contributed by atoms with Gasteiger partial charge in [-0.25, -0.2) is 4.79 Å². The summed E-state index contributed by atoms with van der Waals surface area (Å²) < 4.78 is 5.13. The molecule has 1 heterocycles. The molecule has 1 unspecified atom stereocenters. The number of hydrogen-bond donors (Lipinski definition) is 3. The minimum atomic E-state index is -0.106. The molecule has 1 aliphatic rings. The molecule has 1 aliphatic heterocycles. The molecular weight excluding hydrogens is 170 g/mol. The SMILES string of the molecule is CNCCNC(=O)NC1CCOC1. The van der Waals surface area contributed by atoms with Gasteiger partial charge < -0.3 is 20.7 Å². The van der Waals surface area contributed by atoms with E-state index in [0.717, 1.165) is 19.6 Å². The summed E-state index contributed by atoms with van der Waals surface area (Å²) in [5, 5.41) is 8.53. The Labute approximate surface area is 78.2 Å². The summed E-state index contributed by atoms with van der Waals surface area (Å²) in [5.41, 5.74) is 0. The molecule has 76 valence electrons. The van der Waals surface area contributed by atoms with E-state index < -0.39 is 0 Å². The Morgan fingerprint density at radius 2 is 2.38 bits per heavy atom. The molecule has 1 fully saturated rings. The monoisotopic (exact) mass is 187 g/mol. The molecule has 13 heavy (non-hydrogen) atoms. The number of carbonyl (C=O) groups excluding carboxylic acids is 1. The molecule has 0 bridgehead atoms. The minimum absolute atomic E-state index is 0.106. The van der Waals surface area contributed by atoms with Crippen LogP contribution in [0.25, 0.3) is 0 Å². The van der Waals surface area contributed by atoms with Gasteiger partial charge in [-0.05, 0) is 13.5 Å². The molecule has 0 aromatic rings. The zero-order valence-electron chi connectivity index (χ0n) is 7.93. The average Bonchev–Trinajstić information content (AvgIpc) is 2.57. The maximum atomic E-state index is 11.2. The van der Waals surface area contributed by atoms with Crippen molar-refractivity contribution >= 4 is 6.03 Å². The van der Waals surface area contributed by atoms with Crippen LogP contribution in [0.5, 0.6) is 0 Å². The lowest BCUT2D eigenvalue weighted by molar-refractivity contribution is 0.188. The lowest BCUT2D eigenvalue weighted by atomic mass is 10.3. The van der Waals surface area contributed by atoms with Gasteiger partial charge in [0.05, 0.1) is 12.6 Å². The van der Waals surface area contributed by atoms with Gasteiger partial charge in [0.1, 0.15) is 0 Å². The number of likely N-dealkylation sites (N-methyl/N-ethyl adjacent to an activating group) is 1. The summed E-state index contributed by atoms with van der Waals surface area (Å²) in [4.78, 5) is 11.2. The molecule has 3 N–H and O–H groups in total. The van der Waals surface area contributed by atoms with E-state index in [0.29, 0.717) is 13.2 Å². The number of hydrogen-bond acceptors (Lipinski definition) is 3. The normalized spacial score (nSPS) is 21.5. The van der Waals surface area contributed by atoms with Crippen LogP contribution < -0.4 is 16.0 Å². The van der Waals surface area contributed by atoms with Gasteiger partial charge in [0.15, 0.2) is 0 Å². The van der Waals surface area contributed by atoms with Crippen molar-refractivity contribution in [3.05, 3.63) is 0 Å². The van der Waals surface area contributed by atoms with E-state index in [1.54, 1.807) is 0 Å². The average molecular weight is 187 g/mol. The molecule has 0 aromatic heterocycles. The molecule has 1 saturated heterocycles. The third-order valence-electron chi connectivity index (χ3n) is 1.93. The molecule has 0 radical (unpaired) electrons. The summed E-state index contributed by atoms with van der Waals surface area (Å²) in [6.45, 7) is 2.82. The highest BCUT2D eigenvalue weighted by Gasteiger charge is 2.16. The van der Waals surface area contributed by atoms with E-state index in [1.165, 1.54) is 0 Å². The summed E-state index contributed by atoms with van der Waals surface area (Å²) >= 11 is 0. The molecule has 2 amide bonds. The molecule has 5 nitrogen and oxygen atoms in total. The number of carbonyl (C=O) groups is 1. The third-order valence-corrected chi connectivity index (χ3v) is 1.93. The van der Waals surface area contributed by atoms with Crippen molar-refractivity contribution in [2.75, 3.05) is 33.4 Å². The van der Waals surface area contributed by atoms with Crippen molar-refractivity contribution in [1.82, 2.24) is 16.0 Å². The maximum absolute atomic E-state index is 11.2.